The third kappa shape index (κ3) is 15.4. The molecule has 1 unspecified atom stereocenters. The Hall–Kier alpha value is 1.33. The normalized spacial score (nSPS) is 9.67. The molecule has 0 amide bonds. The van der Waals surface area contributed by atoms with Crippen LogP contribution in [0.1, 0.15) is 6.92 Å². The molecular formula is C7H10NNa3O7. The van der Waals surface area contributed by atoms with Gasteiger partial charge in [-0.2, -0.15) is 0 Å². The van der Waals surface area contributed by atoms with Gasteiger partial charge in [-0.15, -0.1) is 0 Å². The molecule has 0 saturated carbocycles. The predicted octanol–water partition coefficient (Wildman–Crippen LogP) is -14.9. The fourth-order valence-corrected chi connectivity index (χ4v) is 0.810. The Labute approximate surface area is 170 Å². The average molecular weight is 289 g/mol. The fourth-order valence-electron chi connectivity index (χ4n) is 0.810. The van der Waals surface area contributed by atoms with Crippen molar-refractivity contribution in [2.45, 2.75) is 13.0 Å². The molecule has 88 valence electrons. The number of aliphatic carboxylic acids is 3. The van der Waals surface area contributed by atoms with Crippen LogP contribution in [0.15, 0.2) is 0 Å². The number of carboxylic acids is 3. The van der Waals surface area contributed by atoms with Crippen molar-refractivity contribution in [3.8, 4) is 0 Å². The predicted molar refractivity (Wildman–Crippen MR) is 39.7 cm³/mol. The molecule has 0 saturated heterocycles. The summed E-state index contributed by atoms with van der Waals surface area (Å²) in [5.41, 5.74) is 0. The zero-order valence-corrected chi connectivity index (χ0v) is 16.9. The molecule has 0 aromatic heterocycles. The number of carbonyl (C=O) groups is 3. The van der Waals surface area contributed by atoms with Crippen LogP contribution in [0.25, 0.3) is 0 Å². The smallest absolute Gasteiger partial charge is 0.549 e. The quantitative estimate of drug-likeness (QED) is 0.439. The van der Waals surface area contributed by atoms with Gasteiger partial charge in [0, 0.05) is 19.1 Å². The van der Waals surface area contributed by atoms with Crippen molar-refractivity contribution < 1.29 is 124 Å². The molecule has 0 bridgehead atoms. The zero-order chi connectivity index (χ0) is 11.3. The van der Waals surface area contributed by atoms with E-state index in [2.05, 4.69) is 0 Å². The summed E-state index contributed by atoms with van der Waals surface area (Å²) in [7, 11) is 0. The first-order valence-electron chi connectivity index (χ1n) is 3.69. The van der Waals surface area contributed by atoms with E-state index in [0.717, 1.165) is 6.92 Å². The van der Waals surface area contributed by atoms with Gasteiger partial charge in [-0.1, -0.05) is 0 Å². The van der Waals surface area contributed by atoms with E-state index >= 15 is 0 Å². The molecule has 0 radical (unpaired) electrons. The molecule has 8 nitrogen and oxygen atoms in total. The van der Waals surface area contributed by atoms with E-state index in [9.17, 15) is 29.7 Å². The third-order valence-corrected chi connectivity index (χ3v) is 1.55. The Morgan fingerprint density at radius 3 is 1.39 bits per heavy atom. The van der Waals surface area contributed by atoms with Crippen LogP contribution in [0, 0.1) is 0 Å². The second-order valence-electron chi connectivity index (χ2n) is 2.64. The monoisotopic (exact) mass is 289 g/mol. The summed E-state index contributed by atoms with van der Waals surface area (Å²) in [6.07, 6.45) is 0. The van der Waals surface area contributed by atoms with Gasteiger partial charge in [-0.3, -0.25) is 4.90 Å². The first-order valence-corrected chi connectivity index (χ1v) is 3.69. The largest absolute Gasteiger partial charge is 1.00 e. The number of carbonyl (C=O) groups excluding carboxylic acids is 3. The maximum atomic E-state index is 10.3. The molecule has 0 aliphatic heterocycles. The van der Waals surface area contributed by atoms with Crippen LogP contribution in [-0.4, -0.2) is 47.4 Å². The van der Waals surface area contributed by atoms with Crippen molar-refractivity contribution in [2.24, 2.45) is 0 Å². The Morgan fingerprint density at radius 2 is 1.22 bits per heavy atom. The van der Waals surface area contributed by atoms with Gasteiger partial charge in [0.25, 0.3) is 0 Å². The molecular weight excluding hydrogens is 279 g/mol. The molecule has 1 atom stereocenters. The Balaban J connectivity index is -0.000000141. The fraction of sp³-hybridized carbons (Fsp3) is 0.571. The van der Waals surface area contributed by atoms with Crippen molar-refractivity contribution in [2.75, 3.05) is 13.1 Å². The Morgan fingerprint density at radius 1 is 0.944 bits per heavy atom. The van der Waals surface area contributed by atoms with Gasteiger partial charge in [0.1, 0.15) is 0 Å². The summed E-state index contributed by atoms with van der Waals surface area (Å²) in [6.45, 7) is -0.493. The number of hydrogen-bond donors (Lipinski definition) is 0. The van der Waals surface area contributed by atoms with E-state index < -0.39 is 37.0 Å². The van der Waals surface area contributed by atoms with Gasteiger partial charge in [0.15, 0.2) is 0 Å². The molecule has 2 N–H and O–H groups in total. The van der Waals surface area contributed by atoms with Crippen molar-refractivity contribution >= 4 is 17.9 Å². The zero-order valence-electron chi connectivity index (χ0n) is 10.9. The minimum absolute atomic E-state index is 0. The number of nitrogens with zero attached hydrogens (tertiary/aromatic N) is 1. The van der Waals surface area contributed by atoms with Crippen molar-refractivity contribution in [1.82, 2.24) is 4.90 Å². The van der Waals surface area contributed by atoms with Gasteiger partial charge in [0.2, 0.25) is 0 Å². The van der Waals surface area contributed by atoms with Crippen LogP contribution in [0.5, 0.6) is 0 Å². The standard InChI is InChI=1S/C7H11NO6.3Na.H2O/c1-4(7(13)14)8(2-5(9)10)3-6(11)12;;;;/h4H,2-3H2,1H3,(H,9,10)(H,11,12)(H,13,14);;;;1H2/q;3*+1;/p-3. The third-order valence-electron chi connectivity index (χ3n) is 1.55. The summed E-state index contributed by atoms with van der Waals surface area (Å²) in [5, 5.41) is 30.6. The Kier molecular flexibility index (Phi) is 28.8. The molecule has 0 aromatic rings. The van der Waals surface area contributed by atoms with Crippen LogP contribution >= 0.6 is 0 Å². The van der Waals surface area contributed by atoms with Crippen LogP contribution in [0.2, 0.25) is 0 Å². The maximum absolute atomic E-state index is 10.3. The van der Waals surface area contributed by atoms with Crippen molar-refractivity contribution in [3.63, 3.8) is 0 Å². The molecule has 0 spiro atoms. The van der Waals surface area contributed by atoms with Gasteiger partial charge >= 0.3 is 88.7 Å². The second-order valence-corrected chi connectivity index (χ2v) is 2.64. The van der Waals surface area contributed by atoms with Gasteiger partial charge in [0.05, 0.1) is 17.9 Å². The van der Waals surface area contributed by atoms with Crippen LogP contribution in [0.4, 0.5) is 0 Å². The summed E-state index contributed by atoms with van der Waals surface area (Å²) in [5.74, 6) is -4.70. The topological polar surface area (TPSA) is 155 Å². The summed E-state index contributed by atoms with van der Waals surface area (Å²) in [6, 6.07) is -1.33. The SMILES string of the molecule is CC(C(=O)[O-])N(CC(=O)[O-])CC(=O)[O-].O.[Na+].[Na+].[Na+]. The Bertz CT molecular complexity index is 247. The minimum atomic E-state index is -1.57. The molecule has 18 heavy (non-hydrogen) atoms. The van der Waals surface area contributed by atoms with E-state index in [0.29, 0.717) is 4.90 Å². The van der Waals surface area contributed by atoms with E-state index in [1.807, 2.05) is 0 Å². The molecule has 0 aliphatic rings. The minimum Gasteiger partial charge on any atom is -0.549 e. The molecule has 0 rings (SSSR count). The van der Waals surface area contributed by atoms with E-state index in [-0.39, 0.29) is 94.1 Å². The molecule has 0 fully saturated rings. The average Bonchev–Trinajstić information content (AvgIpc) is 1.99. The van der Waals surface area contributed by atoms with Crippen molar-refractivity contribution in [1.29, 1.82) is 0 Å². The second kappa shape index (κ2) is 16.4. The number of rotatable bonds is 6. The van der Waals surface area contributed by atoms with Gasteiger partial charge in [-0.05, 0) is 6.92 Å². The molecule has 0 heterocycles. The van der Waals surface area contributed by atoms with E-state index in [1.165, 1.54) is 0 Å². The summed E-state index contributed by atoms with van der Waals surface area (Å²) >= 11 is 0. The first kappa shape index (κ1) is 31.6. The van der Waals surface area contributed by atoms with E-state index in [1.54, 1.807) is 0 Å². The number of carboxylic acid groups (broad SMARTS) is 3. The summed E-state index contributed by atoms with van der Waals surface area (Å²) < 4.78 is 0. The maximum Gasteiger partial charge on any atom is 1.00 e. The molecule has 0 aliphatic carbocycles. The summed E-state index contributed by atoms with van der Waals surface area (Å²) in [4.78, 5) is 31.3. The van der Waals surface area contributed by atoms with Gasteiger partial charge in [-0.25, -0.2) is 0 Å². The van der Waals surface area contributed by atoms with Crippen LogP contribution in [-0.2, 0) is 14.4 Å². The number of hydrogen-bond acceptors (Lipinski definition) is 7. The first-order chi connectivity index (χ1) is 6.34. The van der Waals surface area contributed by atoms with Crippen LogP contribution < -0.4 is 104 Å². The molecule has 0 aromatic carbocycles. The van der Waals surface area contributed by atoms with Crippen molar-refractivity contribution in [3.05, 3.63) is 0 Å². The van der Waals surface area contributed by atoms with Gasteiger partial charge < -0.3 is 35.2 Å². The van der Waals surface area contributed by atoms with Crippen LogP contribution in [0.3, 0.4) is 0 Å². The van der Waals surface area contributed by atoms with E-state index in [4.69, 9.17) is 0 Å². The molecule has 11 heteroatoms.